The SMILES string of the molecule is Cc1nnc(NC(=O)/C=C/c2ccc(F)c(Cl)c2)s1. The summed E-state index contributed by atoms with van der Waals surface area (Å²) in [5.41, 5.74) is 0.634. The molecule has 0 radical (unpaired) electrons. The van der Waals surface area contributed by atoms with Gasteiger partial charge in [-0.1, -0.05) is 29.0 Å². The van der Waals surface area contributed by atoms with Crippen molar-refractivity contribution < 1.29 is 9.18 Å². The Hall–Kier alpha value is -1.79. The van der Waals surface area contributed by atoms with Gasteiger partial charge in [0.25, 0.3) is 0 Å². The quantitative estimate of drug-likeness (QED) is 0.885. The summed E-state index contributed by atoms with van der Waals surface area (Å²) < 4.78 is 12.9. The van der Waals surface area contributed by atoms with Crippen LogP contribution < -0.4 is 5.32 Å². The molecule has 19 heavy (non-hydrogen) atoms. The van der Waals surface area contributed by atoms with E-state index in [1.54, 1.807) is 6.92 Å². The number of carbonyl (C=O) groups excluding carboxylic acids is 1. The molecule has 0 aliphatic rings. The van der Waals surface area contributed by atoms with Gasteiger partial charge in [-0.15, -0.1) is 10.2 Å². The second kappa shape index (κ2) is 5.90. The molecular weight excluding hydrogens is 289 g/mol. The molecule has 0 fully saturated rings. The number of amides is 1. The molecule has 4 nitrogen and oxygen atoms in total. The van der Waals surface area contributed by atoms with Crippen molar-refractivity contribution in [1.29, 1.82) is 0 Å². The van der Waals surface area contributed by atoms with Crippen LogP contribution in [0.4, 0.5) is 9.52 Å². The first-order chi connectivity index (χ1) is 9.04. The molecule has 0 aliphatic heterocycles. The molecule has 0 saturated carbocycles. The number of rotatable bonds is 3. The van der Waals surface area contributed by atoms with Gasteiger partial charge in [0.15, 0.2) is 0 Å². The molecule has 0 aliphatic carbocycles. The van der Waals surface area contributed by atoms with Crippen molar-refractivity contribution in [2.24, 2.45) is 0 Å². The van der Waals surface area contributed by atoms with Crippen LogP contribution in [-0.4, -0.2) is 16.1 Å². The van der Waals surface area contributed by atoms with Gasteiger partial charge < -0.3 is 0 Å². The van der Waals surface area contributed by atoms with Gasteiger partial charge in [-0.25, -0.2) is 4.39 Å². The number of hydrogen-bond donors (Lipinski definition) is 1. The summed E-state index contributed by atoms with van der Waals surface area (Å²) in [6, 6.07) is 4.21. The van der Waals surface area contributed by atoms with E-state index < -0.39 is 5.82 Å². The summed E-state index contributed by atoms with van der Waals surface area (Å²) in [7, 11) is 0. The van der Waals surface area contributed by atoms with Crippen LogP contribution >= 0.6 is 22.9 Å². The molecule has 1 aromatic heterocycles. The Kier molecular flexibility index (Phi) is 4.24. The fourth-order valence-corrected chi connectivity index (χ4v) is 2.07. The third-order valence-corrected chi connectivity index (χ3v) is 3.17. The Balaban J connectivity index is 2.01. The number of aromatic nitrogens is 2. The maximum absolute atomic E-state index is 12.9. The van der Waals surface area contributed by atoms with Gasteiger partial charge in [0.05, 0.1) is 5.02 Å². The van der Waals surface area contributed by atoms with Crippen molar-refractivity contribution in [3.05, 3.63) is 45.7 Å². The lowest BCUT2D eigenvalue weighted by Gasteiger charge is -1.97. The lowest BCUT2D eigenvalue weighted by molar-refractivity contribution is -0.111. The predicted octanol–water partition coefficient (Wildman–Crippen LogP) is 3.29. The Morgan fingerprint density at radius 1 is 1.47 bits per heavy atom. The molecule has 0 bridgehead atoms. The van der Waals surface area contributed by atoms with Crippen molar-refractivity contribution in [3.8, 4) is 0 Å². The molecule has 1 N–H and O–H groups in total. The highest BCUT2D eigenvalue weighted by Gasteiger charge is 2.03. The molecular formula is C12H9ClFN3OS. The molecule has 1 aromatic carbocycles. The minimum Gasteiger partial charge on any atom is -0.297 e. The normalized spacial score (nSPS) is 10.9. The van der Waals surface area contributed by atoms with Gasteiger partial charge in [-0.05, 0) is 30.7 Å². The van der Waals surface area contributed by atoms with E-state index >= 15 is 0 Å². The molecule has 98 valence electrons. The number of anilines is 1. The van der Waals surface area contributed by atoms with E-state index in [-0.39, 0.29) is 10.9 Å². The van der Waals surface area contributed by atoms with Crippen molar-refractivity contribution in [2.45, 2.75) is 6.92 Å². The van der Waals surface area contributed by atoms with E-state index in [9.17, 15) is 9.18 Å². The summed E-state index contributed by atoms with van der Waals surface area (Å²) in [6.45, 7) is 1.80. The number of nitrogens with one attached hydrogen (secondary N) is 1. The number of hydrogen-bond acceptors (Lipinski definition) is 4. The summed E-state index contributed by atoms with van der Waals surface area (Å²) in [6.07, 6.45) is 2.86. The Morgan fingerprint density at radius 3 is 2.89 bits per heavy atom. The lowest BCUT2D eigenvalue weighted by Crippen LogP contribution is -2.07. The summed E-state index contributed by atoms with van der Waals surface area (Å²) in [5, 5.41) is 11.3. The number of carbonyl (C=O) groups is 1. The van der Waals surface area contributed by atoms with Crippen LogP contribution in [0.2, 0.25) is 5.02 Å². The topological polar surface area (TPSA) is 54.9 Å². The Morgan fingerprint density at radius 2 is 2.26 bits per heavy atom. The highest BCUT2D eigenvalue weighted by atomic mass is 35.5. The maximum Gasteiger partial charge on any atom is 0.250 e. The van der Waals surface area contributed by atoms with Crippen molar-refractivity contribution in [1.82, 2.24) is 10.2 Å². The van der Waals surface area contributed by atoms with Gasteiger partial charge in [0.2, 0.25) is 11.0 Å². The van der Waals surface area contributed by atoms with E-state index in [1.807, 2.05) is 0 Å². The van der Waals surface area contributed by atoms with E-state index in [2.05, 4.69) is 15.5 Å². The highest BCUT2D eigenvalue weighted by molar-refractivity contribution is 7.15. The zero-order valence-electron chi connectivity index (χ0n) is 9.85. The van der Waals surface area contributed by atoms with E-state index in [0.29, 0.717) is 10.7 Å². The third-order valence-electron chi connectivity index (χ3n) is 2.13. The molecule has 0 atom stereocenters. The van der Waals surface area contributed by atoms with Crippen LogP contribution in [0.1, 0.15) is 10.6 Å². The van der Waals surface area contributed by atoms with Gasteiger partial charge >= 0.3 is 0 Å². The van der Waals surface area contributed by atoms with Crippen LogP contribution in [0.15, 0.2) is 24.3 Å². The fourth-order valence-electron chi connectivity index (χ4n) is 1.28. The molecule has 7 heteroatoms. The number of benzene rings is 1. The standard InChI is InChI=1S/C12H9ClFN3OS/c1-7-16-17-12(19-7)15-11(18)5-3-8-2-4-10(14)9(13)6-8/h2-6H,1H3,(H,15,17,18)/b5-3+. The average Bonchev–Trinajstić information content (AvgIpc) is 2.76. The van der Waals surface area contributed by atoms with Crippen LogP contribution in [-0.2, 0) is 4.79 Å². The molecule has 0 saturated heterocycles. The van der Waals surface area contributed by atoms with E-state index in [0.717, 1.165) is 5.01 Å². The Labute approximate surface area is 117 Å². The van der Waals surface area contributed by atoms with Crippen molar-refractivity contribution in [2.75, 3.05) is 5.32 Å². The Bertz CT molecular complexity index is 642. The molecule has 2 aromatic rings. The van der Waals surface area contributed by atoms with Crippen LogP contribution in [0.25, 0.3) is 6.08 Å². The summed E-state index contributed by atoms with van der Waals surface area (Å²) in [5.74, 6) is -0.829. The first-order valence-corrected chi connectivity index (χ1v) is 6.48. The molecule has 2 rings (SSSR count). The highest BCUT2D eigenvalue weighted by Crippen LogP contribution is 2.17. The minimum atomic E-state index is -0.493. The summed E-state index contributed by atoms with van der Waals surface area (Å²) in [4.78, 5) is 11.6. The lowest BCUT2D eigenvalue weighted by atomic mass is 10.2. The van der Waals surface area contributed by atoms with Gasteiger partial charge in [0, 0.05) is 6.08 Å². The second-order valence-corrected chi connectivity index (χ2v) is 5.21. The third kappa shape index (κ3) is 3.84. The van der Waals surface area contributed by atoms with Gasteiger partial charge in [-0.3, -0.25) is 10.1 Å². The van der Waals surface area contributed by atoms with Gasteiger partial charge in [0.1, 0.15) is 10.8 Å². The molecule has 0 spiro atoms. The zero-order chi connectivity index (χ0) is 13.8. The predicted molar refractivity (Wildman–Crippen MR) is 73.7 cm³/mol. The molecule has 0 unspecified atom stereocenters. The monoisotopic (exact) mass is 297 g/mol. The molecule has 1 heterocycles. The van der Waals surface area contributed by atoms with Crippen molar-refractivity contribution in [3.63, 3.8) is 0 Å². The minimum absolute atomic E-state index is 0.0160. The van der Waals surface area contributed by atoms with Crippen LogP contribution in [0.3, 0.4) is 0 Å². The van der Waals surface area contributed by atoms with Gasteiger partial charge in [-0.2, -0.15) is 0 Å². The number of nitrogens with zero attached hydrogens (tertiary/aromatic N) is 2. The summed E-state index contributed by atoms with van der Waals surface area (Å²) >= 11 is 6.92. The average molecular weight is 298 g/mol. The first-order valence-electron chi connectivity index (χ1n) is 5.29. The molecule has 1 amide bonds. The smallest absolute Gasteiger partial charge is 0.250 e. The van der Waals surface area contributed by atoms with Crippen molar-refractivity contribution >= 4 is 40.1 Å². The number of aryl methyl sites for hydroxylation is 1. The fraction of sp³-hybridized carbons (Fsp3) is 0.0833. The largest absolute Gasteiger partial charge is 0.297 e. The second-order valence-electron chi connectivity index (χ2n) is 3.62. The van der Waals surface area contributed by atoms with Crippen LogP contribution in [0, 0.1) is 12.7 Å². The van der Waals surface area contributed by atoms with E-state index in [1.165, 1.54) is 41.7 Å². The zero-order valence-corrected chi connectivity index (χ0v) is 11.4. The van der Waals surface area contributed by atoms with Crippen LogP contribution in [0.5, 0.6) is 0 Å². The number of halogens is 2. The van der Waals surface area contributed by atoms with E-state index in [4.69, 9.17) is 11.6 Å². The first kappa shape index (κ1) is 13.6. The maximum atomic E-state index is 12.9.